The van der Waals surface area contributed by atoms with Crippen molar-refractivity contribution in [2.75, 3.05) is 26.5 Å². The van der Waals surface area contributed by atoms with Crippen LogP contribution in [0.1, 0.15) is 31.9 Å². The molecule has 6 heteroatoms. The summed E-state index contributed by atoms with van der Waals surface area (Å²) in [6.07, 6.45) is 1.58. The lowest BCUT2D eigenvalue weighted by molar-refractivity contribution is 0.223. The first kappa shape index (κ1) is 21.4. The zero-order chi connectivity index (χ0) is 20.2. The molecule has 0 fully saturated rings. The highest BCUT2D eigenvalue weighted by atomic mass is 16.5. The highest BCUT2D eigenvalue weighted by Crippen LogP contribution is 2.28. The van der Waals surface area contributed by atoms with Crippen LogP contribution in [0.4, 0.5) is 4.79 Å². The molecule has 0 aliphatic heterocycles. The lowest BCUT2D eigenvalue weighted by atomic mass is 10.1. The monoisotopic (exact) mass is 386 g/mol. The van der Waals surface area contributed by atoms with Gasteiger partial charge in [0.05, 0.1) is 13.2 Å². The Morgan fingerprint density at radius 2 is 1.61 bits per heavy atom. The summed E-state index contributed by atoms with van der Waals surface area (Å²) in [5.74, 6) is 2.26. The van der Waals surface area contributed by atoms with Crippen LogP contribution in [-0.4, -0.2) is 32.5 Å². The van der Waals surface area contributed by atoms with Crippen molar-refractivity contribution in [1.29, 1.82) is 0 Å². The van der Waals surface area contributed by atoms with Gasteiger partial charge >= 0.3 is 6.03 Å². The molecule has 2 rings (SSSR count). The van der Waals surface area contributed by atoms with E-state index < -0.39 is 0 Å². The van der Waals surface area contributed by atoms with Crippen LogP contribution in [0, 0.1) is 0 Å². The molecule has 0 aliphatic rings. The second kappa shape index (κ2) is 11.7. The van der Waals surface area contributed by atoms with E-state index in [-0.39, 0.29) is 12.8 Å². The summed E-state index contributed by atoms with van der Waals surface area (Å²) in [5.41, 5.74) is 2.19. The predicted molar refractivity (Wildman–Crippen MR) is 110 cm³/mol. The molecule has 152 valence electrons. The van der Waals surface area contributed by atoms with Crippen LogP contribution < -0.4 is 24.8 Å². The first-order chi connectivity index (χ1) is 13.7. The van der Waals surface area contributed by atoms with E-state index in [0.717, 1.165) is 34.8 Å². The Morgan fingerprint density at radius 1 is 0.857 bits per heavy atom. The molecule has 2 aromatic carbocycles. The van der Waals surface area contributed by atoms with Gasteiger partial charge in [0.1, 0.15) is 5.75 Å². The standard InChI is InChI=1S/C22H30N2O4/c1-4-18-9-7-8-10-19(18)28-16-24-22(25)23-14-13-17-11-12-20(26-5-2)21(15-17)27-6-3/h7-12,15H,4-6,13-14,16H2,1-3H3,(H2,23,24,25). The van der Waals surface area contributed by atoms with Gasteiger partial charge in [-0.1, -0.05) is 31.2 Å². The number of nitrogens with one attached hydrogen (secondary N) is 2. The topological polar surface area (TPSA) is 68.8 Å². The molecule has 0 aliphatic carbocycles. The Hall–Kier alpha value is -2.89. The lowest BCUT2D eigenvalue weighted by Gasteiger charge is -2.13. The minimum Gasteiger partial charge on any atom is -0.490 e. The molecule has 6 nitrogen and oxygen atoms in total. The zero-order valence-electron chi connectivity index (χ0n) is 16.9. The van der Waals surface area contributed by atoms with E-state index in [2.05, 4.69) is 17.6 Å². The third-order valence-electron chi connectivity index (χ3n) is 4.12. The van der Waals surface area contributed by atoms with Gasteiger partial charge in [-0.3, -0.25) is 0 Å². The van der Waals surface area contributed by atoms with Crippen LogP contribution in [0.15, 0.2) is 42.5 Å². The summed E-state index contributed by atoms with van der Waals surface area (Å²) in [7, 11) is 0. The number of rotatable bonds is 11. The smallest absolute Gasteiger partial charge is 0.317 e. The van der Waals surface area contributed by atoms with Crippen LogP contribution in [0.3, 0.4) is 0 Å². The lowest BCUT2D eigenvalue weighted by Crippen LogP contribution is -2.38. The Balaban J connectivity index is 1.75. The summed E-state index contributed by atoms with van der Waals surface area (Å²) in [6, 6.07) is 13.4. The number of urea groups is 1. The molecule has 0 heterocycles. The van der Waals surface area contributed by atoms with E-state index >= 15 is 0 Å². The van der Waals surface area contributed by atoms with E-state index in [9.17, 15) is 4.79 Å². The number of hydrogen-bond acceptors (Lipinski definition) is 4. The molecular formula is C22H30N2O4. The van der Waals surface area contributed by atoms with E-state index in [1.807, 2.05) is 56.3 Å². The molecule has 0 atom stereocenters. The number of para-hydroxylation sites is 1. The SMILES string of the molecule is CCOc1ccc(CCNC(=O)NCOc2ccccc2CC)cc1OCC. The van der Waals surface area contributed by atoms with Crippen molar-refractivity contribution < 1.29 is 19.0 Å². The van der Waals surface area contributed by atoms with E-state index in [1.165, 1.54) is 0 Å². The summed E-state index contributed by atoms with van der Waals surface area (Å²) in [6.45, 7) is 7.75. The van der Waals surface area contributed by atoms with Crippen molar-refractivity contribution in [3.63, 3.8) is 0 Å². The van der Waals surface area contributed by atoms with Crippen LogP contribution in [-0.2, 0) is 12.8 Å². The van der Waals surface area contributed by atoms with Gasteiger partial charge in [0.15, 0.2) is 18.2 Å². The molecule has 0 aromatic heterocycles. The number of aryl methyl sites for hydroxylation is 1. The molecule has 2 N–H and O–H groups in total. The fourth-order valence-electron chi connectivity index (χ4n) is 2.75. The highest BCUT2D eigenvalue weighted by Gasteiger charge is 2.07. The van der Waals surface area contributed by atoms with Gasteiger partial charge in [0.2, 0.25) is 0 Å². The average molecular weight is 386 g/mol. The minimum atomic E-state index is -0.259. The van der Waals surface area contributed by atoms with Gasteiger partial charge in [0.25, 0.3) is 0 Å². The van der Waals surface area contributed by atoms with E-state index in [4.69, 9.17) is 14.2 Å². The summed E-state index contributed by atoms with van der Waals surface area (Å²) < 4.78 is 16.8. The van der Waals surface area contributed by atoms with Gasteiger partial charge in [0, 0.05) is 6.54 Å². The minimum absolute atomic E-state index is 0.125. The first-order valence-electron chi connectivity index (χ1n) is 9.78. The Kier molecular flexibility index (Phi) is 8.98. The molecule has 2 amide bonds. The van der Waals surface area contributed by atoms with Crippen LogP contribution in [0.2, 0.25) is 0 Å². The summed E-state index contributed by atoms with van der Waals surface area (Å²) in [5, 5.41) is 5.54. The number of ether oxygens (including phenoxy) is 3. The van der Waals surface area contributed by atoms with Crippen LogP contribution >= 0.6 is 0 Å². The van der Waals surface area contributed by atoms with Gasteiger partial charge in [-0.25, -0.2) is 4.79 Å². The van der Waals surface area contributed by atoms with Crippen molar-refractivity contribution in [2.45, 2.75) is 33.6 Å². The van der Waals surface area contributed by atoms with E-state index in [0.29, 0.717) is 26.2 Å². The molecular weight excluding hydrogens is 356 g/mol. The molecule has 0 bridgehead atoms. The first-order valence-corrected chi connectivity index (χ1v) is 9.78. The molecule has 0 unspecified atom stereocenters. The fraction of sp³-hybridized carbons (Fsp3) is 0.409. The van der Waals surface area contributed by atoms with Crippen molar-refractivity contribution in [1.82, 2.24) is 10.6 Å². The summed E-state index contributed by atoms with van der Waals surface area (Å²) >= 11 is 0. The third kappa shape index (κ3) is 6.68. The number of carbonyl (C=O) groups excluding carboxylic acids is 1. The normalized spacial score (nSPS) is 10.2. The van der Waals surface area contributed by atoms with Crippen molar-refractivity contribution in [2.24, 2.45) is 0 Å². The van der Waals surface area contributed by atoms with Crippen LogP contribution in [0.25, 0.3) is 0 Å². The fourth-order valence-corrected chi connectivity index (χ4v) is 2.75. The maximum Gasteiger partial charge on any atom is 0.317 e. The quantitative estimate of drug-likeness (QED) is 0.574. The number of hydrogen-bond donors (Lipinski definition) is 2. The maximum absolute atomic E-state index is 11.9. The predicted octanol–water partition coefficient (Wildman–Crippen LogP) is 3.92. The van der Waals surface area contributed by atoms with Gasteiger partial charge in [-0.2, -0.15) is 0 Å². The number of carbonyl (C=O) groups is 1. The summed E-state index contributed by atoms with van der Waals surface area (Å²) in [4.78, 5) is 11.9. The molecule has 0 saturated heterocycles. The second-order valence-corrected chi connectivity index (χ2v) is 6.08. The Labute approximate surface area is 167 Å². The van der Waals surface area contributed by atoms with Crippen molar-refractivity contribution in [3.8, 4) is 17.2 Å². The Morgan fingerprint density at radius 3 is 2.36 bits per heavy atom. The van der Waals surface area contributed by atoms with Crippen molar-refractivity contribution in [3.05, 3.63) is 53.6 Å². The molecule has 2 aromatic rings. The van der Waals surface area contributed by atoms with E-state index in [1.54, 1.807) is 0 Å². The van der Waals surface area contributed by atoms with Gasteiger partial charge in [-0.05, 0) is 56.0 Å². The molecule has 0 radical (unpaired) electrons. The maximum atomic E-state index is 11.9. The molecule has 28 heavy (non-hydrogen) atoms. The number of benzene rings is 2. The van der Waals surface area contributed by atoms with Crippen molar-refractivity contribution >= 4 is 6.03 Å². The molecule has 0 spiro atoms. The Bertz CT molecular complexity index is 749. The second-order valence-electron chi connectivity index (χ2n) is 6.08. The third-order valence-corrected chi connectivity index (χ3v) is 4.12. The van der Waals surface area contributed by atoms with Crippen LogP contribution in [0.5, 0.6) is 17.2 Å². The molecule has 0 saturated carbocycles. The highest BCUT2D eigenvalue weighted by molar-refractivity contribution is 5.73. The van der Waals surface area contributed by atoms with Gasteiger partial charge in [-0.15, -0.1) is 0 Å². The number of amides is 2. The van der Waals surface area contributed by atoms with Gasteiger partial charge < -0.3 is 24.8 Å². The largest absolute Gasteiger partial charge is 0.490 e. The average Bonchev–Trinajstić information content (AvgIpc) is 2.70. The zero-order valence-corrected chi connectivity index (χ0v) is 16.9.